The van der Waals surface area contributed by atoms with Gasteiger partial charge < -0.3 is 9.42 Å². The van der Waals surface area contributed by atoms with Gasteiger partial charge >= 0.3 is 0 Å². The van der Waals surface area contributed by atoms with Crippen molar-refractivity contribution in [3.63, 3.8) is 0 Å². The molecule has 1 amide bonds. The Balaban J connectivity index is 1.87. The highest BCUT2D eigenvalue weighted by atomic mass is 32.1. The van der Waals surface area contributed by atoms with Crippen molar-refractivity contribution in [3.05, 3.63) is 33.1 Å². The van der Waals surface area contributed by atoms with Gasteiger partial charge in [0.1, 0.15) is 10.8 Å². The Bertz CT molecular complexity index is 687. The predicted octanol–water partition coefficient (Wildman–Crippen LogP) is 3.91. The second kappa shape index (κ2) is 6.43. The summed E-state index contributed by atoms with van der Waals surface area (Å²) in [6.45, 7) is 8.52. The molecule has 1 fully saturated rings. The van der Waals surface area contributed by atoms with Crippen LogP contribution in [0.5, 0.6) is 0 Å². The lowest BCUT2D eigenvalue weighted by atomic mass is 9.94. The summed E-state index contributed by atoms with van der Waals surface area (Å²) in [5.74, 6) is 0.655. The lowest BCUT2D eigenvalue weighted by molar-refractivity contribution is -0.136. The van der Waals surface area contributed by atoms with Crippen molar-refractivity contribution in [1.29, 1.82) is 0 Å². The molecule has 0 bridgehead atoms. The number of hydrogen-bond donors (Lipinski definition) is 0. The molecule has 0 unspecified atom stereocenters. The van der Waals surface area contributed by atoms with Crippen LogP contribution in [0.2, 0.25) is 0 Å². The lowest BCUT2D eigenvalue weighted by Crippen LogP contribution is -2.40. The quantitative estimate of drug-likeness (QED) is 0.854. The number of nitrogens with zero attached hydrogens (tertiary/aromatic N) is 3. The first-order valence-corrected chi connectivity index (χ1v) is 9.02. The third-order valence-corrected chi connectivity index (χ3v) is 5.66. The zero-order valence-corrected chi connectivity index (χ0v) is 14.9. The fourth-order valence-corrected chi connectivity index (χ4v) is 4.40. The van der Waals surface area contributed by atoms with Gasteiger partial charge in [0.05, 0.1) is 17.7 Å². The maximum atomic E-state index is 13.1. The van der Waals surface area contributed by atoms with Gasteiger partial charge in [-0.2, -0.15) is 0 Å². The first kappa shape index (κ1) is 16.2. The minimum absolute atomic E-state index is 0.109. The van der Waals surface area contributed by atoms with E-state index in [1.54, 1.807) is 11.3 Å². The van der Waals surface area contributed by atoms with Crippen LogP contribution in [0.3, 0.4) is 0 Å². The SMILES string of the molecule is Cc1csc([C@H]2CCCCN2C(=O)[C@@H](C)c2c(C)noc2C)n1. The Morgan fingerprint density at radius 1 is 1.39 bits per heavy atom. The number of aryl methyl sites for hydroxylation is 3. The summed E-state index contributed by atoms with van der Waals surface area (Å²) in [6, 6.07) is 0.109. The summed E-state index contributed by atoms with van der Waals surface area (Å²) in [5.41, 5.74) is 2.76. The largest absolute Gasteiger partial charge is 0.361 e. The van der Waals surface area contributed by atoms with Crippen LogP contribution < -0.4 is 0 Å². The van der Waals surface area contributed by atoms with Crippen molar-refractivity contribution in [2.24, 2.45) is 0 Å². The second-order valence-corrected chi connectivity index (χ2v) is 7.22. The van der Waals surface area contributed by atoms with E-state index in [2.05, 4.69) is 15.5 Å². The number of thiazole rings is 1. The topological polar surface area (TPSA) is 59.2 Å². The van der Waals surface area contributed by atoms with Crippen LogP contribution in [0.4, 0.5) is 0 Å². The first-order chi connectivity index (χ1) is 11.0. The van der Waals surface area contributed by atoms with E-state index >= 15 is 0 Å². The van der Waals surface area contributed by atoms with Gasteiger partial charge in [-0.25, -0.2) is 4.98 Å². The third kappa shape index (κ3) is 3.04. The molecule has 1 aliphatic heterocycles. The highest BCUT2D eigenvalue weighted by Gasteiger charge is 2.34. The van der Waals surface area contributed by atoms with Crippen molar-refractivity contribution in [2.75, 3.05) is 6.54 Å². The molecular weight excluding hydrogens is 310 g/mol. The van der Waals surface area contributed by atoms with Crippen LogP contribution in [-0.2, 0) is 4.79 Å². The number of piperidine rings is 1. The zero-order valence-electron chi connectivity index (χ0n) is 14.1. The summed E-state index contributed by atoms with van der Waals surface area (Å²) in [5, 5.41) is 7.11. The van der Waals surface area contributed by atoms with E-state index in [0.29, 0.717) is 0 Å². The van der Waals surface area contributed by atoms with Crippen molar-refractivity contribution in [2.45, 2.75) is 58.9 Å². The maximum absolute atomic E-state index is 13.1. The van der Waals surface area contributed by atoms with Crippen molar-refractivity contribution >= 4 is 17.2 Å². The number of rotatable bonds is 3. The molecule has 3 rings (SSSR count). The van der Waals surface area contributed by atoms with Gasteiger partial charge in [-0.3, -0.25) is 4.79 Å². The lowest BCUT2D eigenvalue weighted by Gasteiger charge is -2.36. The number of aromatic nitrogens is 2. The molecule has 1 saturated heterocycles. The molecule has 0 radical (unpaired) electrons. The minimum Gasteiger partial charge on any atom is -0.361 e. The summed E-state index contributed by atoms with van der Waals surface area (Å²) in [4.78, 5) is 19.8. The van der Waals surface area contributed by atoms with Crippen LogP contribution in [0, 0.1) is 20.8 Å². The van der Waals surface area contributed by atoms with Gasteiger partial charge in [0.2, 0.25) is 5.91 Å². The van der Waals surface area contributed by atoms with Crippen LogP contribution in [0.1, 0.15) is 65.9 Å². The van der Waals surface area contributed by atoms with Crippen LogP contribution in [-0.4, -0.2) is 27.5 Å². The van der Waals surface area contributed by atoms with Gasteiger partial charge in [0, 0.05) is 23.2 Å². The second-order valence-electron chi connectivity index (χ2n) is 6.33. The number of hydrogen-bond acceptors (Lipinski definition) is 5. The van der Waals surface area contributed by atoms with Crippen LogP contribution >= 0.6 is 11.3 Å². The van der Waals surface area contributed by atoms with E-state index in [4.69, 9.17) is 4.52 Å². The molecule has 2 aromatic heterocycles. The molecular formula is C17H23N3O2S. The van der Waals surface area contributed by atoms with Crippen LogP contribution in [0.25, 0.3) is 0 Å². The molecule has 23 heavy (non-hydrogen) atoms. The highest BCUT2D eigenvalue weighted by molar-refractivity contribution is 7.09. The number of likely N-dealkylation sites (tertiary alicyclic amines) is 1. The molecule has 0 aromatic carbocycles. The van der Waals surface area contributed by atoms with E-state index in [0.717, 1.165) is 53.5 Å². The number of carbonyl (C=O) groups is 1. The van der Waals surface area contributed by atoms with E-state index in [9.17, 15) is 4.79 Å². The standard InChI is InChI=1S/C17H23N3O2S/c1-10-9-23-16(18-10)14-7-5-6-8-20(14)17(21)11(2)15-12(3)19-22-13(15)4/h9,11,14H,5-8H2,1-4H3/t11-,14+/m0/s1. The zero-order chi connectivity index (χ0) is 16.6. The summed E-state index contributed by atoms with van der Waals surface area (Å²) >= 11 is 1.66. The Morgan fingerprint density at radius 2 is 2.17 bits per heavy atom. The molecule has 3 heterocycles. The molecule has 0 spiro atoms. The van der Waals surface area contributed by atoms with Crippen molar-refractivity contribution in [3.8, 4) is 0 Å². The van der Waals surface area contributed by atoms with Gasteiger partial charge in [-0.05, 0) is 47.0 Å². The monoisotopic (exact) mass is 333 g/mol. The molecule has 6 heteroatoms. The number of carbonyl (C=O) groups excluding carboxylic acids is 1. The summed E-state index contributed by atoms with van der Waals surface area (Å²) < 4.78 is 5.24. The minimum atomic E-state index is -0.233. The molecule has 0 aliphatic carbocycles. The molecule has 5 nitrogen and oxygen atoms in total. The van der Waals surface area contributed by atoms with Gasteiger partial charge in [-0.1, -0.05) is 5.16 Å². The fourth-order valence-electron chi connectivity index (χ4n) is 3.46. The van der Waals surface area contributed by atoms with Crippen LogP contribution in [0.15, 0.2) is 9.90 Å². The van der Waals surface area contributed by atoms with E-state index in [1.165, 1.54) is 0 Å². The Kier molecular flexibility index (Phi) is 4.53. The average molecular weight is 333 g/mol. The summed E-state index contributed by atoms with van der Waals surface area (Å²) in [7, 11) is 0. The summed E-state index contributed by atoms with van der Waals surface area (Å²) in [6.07, 6.45) is 3.20. The van der Waals surface area contributed by atoms with Gasteiger partial charge in [0.25, 0.3) is 0 Å². The molecule has 0 N–H and O–H groups in total. The molecule has 2 aromatic rings. The Morgan fingerprint density at radius 3 is 2.78 bits per heavy atom. The Hall–Kier alpha value is -1.69. The molecule has 0 saturated carbocycles. The highest BCUT2D eigenvalue weighted by Crippen LogP contribution is 2.36. The van der Waals surface area contributed by atoms with E-state index < -0.39 is 0 Å². The molecule has 1 aliphatic rings. The van der Waals surface area contributed by atoms with Crippen molar-refractivity contribution in [1.82, 2.24) is 15.0 Å². The molecule has 2 atom stereocenters. The fraction of sp³-hybridized carbons (Fsp3) is 0.588. The van der Waals surface area contributed by atoms with E-state index in [-0.39, 0.29) is 17.9 Å². The smallest absolute Gasteiger partial charge is 0.230 e. The third-order valence-electron chi connectivity index (χ3n) is 4.60. The van der Waals surface area contributed by atoms with Gasteiger partial charge in [0.15, 0.2) is 0 Å². The average Bonchev–Trinajstić information content (AvgIpc) is 3.12. The first-order valence-electron chi connectivity index (χ1n) is 8.14. The maximum Gasteiger partial charge on any atom is 0.230 e. The predicted molar refractivity (Wildman–Crippen MR) is 89.5 cm³/mol. The van der Waals surface area contributed by atoms with E-state index in [1.807, 2.05) is 32.6 Å². The van der Waals surface area contributed by atoms with Gasteiger partial charge in [-0.15, -0.1) is 11.3 Å². The normalized spacial score (nSPS) is 19.8. The number of amides is 1. The van der Waals surface area contributed by atoms with Crippen molar-refractivity contribution < 1.29 is 9.32 Å². The molecule has 124 valence electrons. The Labute approximate surface area is 140 Å².